The molecule has 0 aliphatic heterocycles. The van der Waals surface area contributed by atoms with Crippen LogP contribution < -0.4 is 5.32 Å². The summed E-state index contributed by atoms with van der Waals surface area (Å²) in [6.45, 7) is 10.9. The standard InChI is InChI=1S/C17H33NO2/c1-5-7-18-15-11-16(17(15)19-6-2)20-14-9-12(3)8-13(4)10-14/h12-18H,5-11H2,1-4H3. The van der Waals surface area contributed by atoms with E-state index in [0.717, 1.165) is 31.4 Å². The van der Waals surface area contributed by atoms with E-state index in [2.05, 4.69) is 33.0 Å². The third-order valence-electron chi connectivity index (χ3n) is 4.77. The van der Waals surface area contributed by atoms with Gasteiger partial charge in [-0.3, -0.25) is 0 Å². The fourth-order valence-corrected chi connectivity index (χ4v) is 3.89. The normalized spacial score (nSPS) is 41.4. The molecule has 0 amide bonds. The van der Waals surface area contributed by atoms with Gasteiger partial charge in [-0.1, -0.05) is 20.8 Å². The van der Waals surface area contributed by atoms with Gasteiger partial charge in [-0.15, -0.1) is 0 Å². The average molecular weight is 283 g/mol. The number of hydrogen-bond donors (Lipinski definition) is 1. The van der Waals surface area contributed by atoms with Crippen molar-refractivity contribution in [2.24, 2.45) is 11.8 Å². The fourth-order valence-electron chi connectivity index (χ4n) is 3.89. The highest BCUT2D eigenvalue weighted by Crippen LogP contribution is 2.35. The predicted molar refractivity (Wildman–Crippen MR) is 83.0 cm³/mol. The lowest BCUT2D eigenvalue weighted by molar-refractivity contribution is -0.175. The van der Waals surface area contributed by atoms with Crippen molar-refractivity contribution < 1.29 is 9.47 Å². The van der Waals surface area contributed by atoms with Gasteiger partial charge in [0.2, 0.25) is 0 Å². The topological polar surface area (TPSA) is 30.5 Å². The lowest BCUT2D eigenvalue weighted by Crippen LogP contribution is -2.61. The fraction of sp³-hybridized carbons (Fsp3) is 1.00. The van der Waals surface area contributed by atoms with E-state index in [0.29, 0.717) is 18.2 Å². The average Bonchev–Trinajstić information content (AvgIpc) is 2.38. The molecule has 0 saturated heterocycles. The van der Waals surface area contributed by atoms with E-state index in [4.69, 9.17) is 9.47 Å². The molecule has 1 N–H and O–H groups in total. The maximum atomic E-state index is 6.38. The molecule has 3 heteroatoms. The molecule has 5 unspecified atom stereocenters. The third-order valence-corrected chi connectivity index (χ3v) is 4.77. The summed E-state index contributed by atoms with van der Waals surface area (Å²) in [6, 6.07) is 0.498. The van der Waals surface area contributed by atoms with Gasteiger partial charge < -0.3 is 14.8 Å². The van der Waals surface area contributed by atoms with Crippen molar-refractivity contribution in [2.45, 2.75) is 84.2 Å². The van der Waals surface area contributed by atoms with Gasteiger partial charge in [0.15, 0.2) is 0 Å². The second-order valence-electron chi connectivity index (χ2n) is 6.93. The van der Waals surface area contributed by atoms with Crippen LogP contribution in [0, 0.1) is 11.8 Å². The first-order chi connectivity index (χ1) is 9.63. The summed E-state index contributed by atoms with van der Waals surface area (Å²) in [7, 11) is 0. The molecule has 2 fully saturated rings. The highest BCUT2D eigenvalue weighted by Gasteiger charge is 2.44. The highest BCUT2D eigenvalue weighted by molar-refractivity contribution is 4.98. The minimum Gasteiger partial charge on any atom is -0.374 e. The number of rotatable bonds is 7. The molecule has 2 saturated carbocycles. The van der Waals surface area contributed by atoms with Gasteiger partial charge in [0.1, 0.15) is 0 Å². The first-order valence-electron chi connectivity index (χ1n) is 8.64. The summed E-state index contributed by atoms with van der Waals surface area (Å²) >= 11 is 0. The minimum absolute atomic E-state index is 0.263. The molecule has 118 valence electrons. The zero-order valence-electron chi connectivity index (χ0n) is 13.7. The molecule has 3 nitrogen and oxygen atoms in total. The van der Waals surface area contributed by atoms with Crippen LogP contribution in [0.1, 0.15) is 59.8 Å². The van der Waals surface area contributed by atoms with Crippen molar-refractivity contribution in [3.05, 3.63) is 0 Å². The van der Waals surface area contributed by atoms with Crippen LogP contribution in [0.25, 0.3) is 0 Å². The summed E-state index contributed by atoms with van der Waals surface area (Å²) in [5, 5.41) is 3.58. The van der Waals surface area contributed by atoms with E-state index >= 15 is 0 Å². The Balaban J connectivity index is 1.80. The van der Waals surface area contributed by atoms with E-state index in [1.54, 1.807) is 0 Å². The summed E-state index contributed by atoms with van der Waals surface area (Å²) in [6.07, 6.45) is 7.14. The Morgan fingerprint density at radius 3 is 2.30 bits per heavy atom. The van der Waals surface area contributed by atoms with Crippen LogP contribution in [0.5, 0.6) is 0 Å². The Bertz CT molecular complexity index is 274. The summed E-state index contributed by atoms with van der Waals surface area (Å²) in [5.74, 6) is 1.62. The van der Waals surface area contributed by atoms with Crippen LogP contribution in [0.4, 0.5) is 0 Å². The van der Waals surface area contributed by atoms with Crippen LogP contribution in [0.15, 0.2) is 0 Å². The molecule has 0 radical (unpaired) electrons. The van der Waals surface area contributed by atoms with Crippen LogP contribution in [0.3, 0.4) is 0 Å². The van der Waals surface area contributed by atoms with Crippen LogP contribution in [-0.4, -0.2) is 37.5 Å². The molecule has 20 heavy (non-hydrogen) atoms. The van der Waals surface area contributed by atoms with Crippen molar-refractivity contribution in [1.82, 2.24) is 5.32 Å². The largest absolute Gasteiger partial charge is 0.374 e. The summed E-state index contributed by atoms with van der Waals surface area (Å²) in [5.41, 5.74) is 0. The van der Waals surface area contributed by atoms with Crippen molar-refractivity contribution in [1.29, 1.82) is 0 Å². The van der Waals surface area contributed by atoms with Gasteiger partial charge in [0.05, 0.1) is 18.3 Å². The van der Waals surface area contributed by atoms with Crippen molar-refractivity contribution in [3.8, 4) is 0 Å². The zero-order chi connectivity index (χ0) is 14.5. The molecule has 0 aromatic heterocycles. The highest BCUT2D eigenvalue weighted by atomic mass is 16.6. The van der Waals surface area contributed by atoms with E-state index in [-0.39, 0.29) is 6.10 Å². The SMILES string of the molecule is CCCNC1CC(OC2CC(C)CC(C)C2)C1OCC. The second kappa shape index (κ2) is 7.77. The lowest BCUT2D eigenvalue weighted by atomic mass is 9.80. The first-order valence-corrected chi connectivity index (χ1v) is 8.64. The van der Waals surface area contributed by atoms with Gasteiger partial charge in [0.25, 0.3) is 0 Å². The van der Waals surface area contributed by atoms with Crippen molar-refractivity contribution >= 4 is 0 Å². The maximum Gasteiger partial charge on any atom is 0.0990 e. The van der Waals surface area contributed by atoms with Crippen LogP contribution in [-0.2, 0) is 9.47 Å². The molecule has 5 atom stereocenters. The van der Waals surface area contributed by atoms with Gasteiger partial charge >= 0.3 is 0 Å². The van der Waals surface area contributed by atoms with E-state index in [1.807, 2.05) is 0 Å². The maximum absolute atomic E-state index is 6.38. The Labute approximate surface area is 124 Å². The molecular formula is C17H33NO2. The molecule has 0 aromatic carbocycles. The lowest BCUT2D eigenvalue weighted by Gasteiger charge is -2.46. The second-order valence-corrected chi connectivity index (χ2v) is 6.93. The number of hydrogen-bond acceptors (Lipinski definition) is 3. The molecule has 2 aliphatic rings. The van der Waals surface area contributed by atoms with Gasteiger partial charge in [-0.2, -0.15) is 0 Å². The quantitative estimate of drug-likeness (QED) is 0.777. The van der Waals surface area contributed by atoms with Gasteiger partial charge in [0, 0.05) is 12.6 Å². The summed E-state index contributed by atoms with van der Waals surface area (Å²) < 4.78 is 12.3. The third kappa shape index (κ3) is 4.19. The molecule has 2 rings (SSSR count). The van der Waals surface area contributed by atoms with Gasteiger partial charge in [-0.25, -0.2) is 0 Å². The van der Waals surface area contributed by atoms with Crippen molar-refractivity contribution in [3.63, 3.8) is 0 Å². The van der Waals surface area contributed by atoms with E-state index in [1.165, 1.54) is 25.7 Å². The predicted octanol–water partition coefficient (Wildman–Crippen LogP) is 3.37. The molecule has 2 aliphatic carbocycles. The number of nitrogens with one attached hydrogen (secondary N) is 1. The Morgan fingerprint density at radius 2 is 1.70 bits per heavy atom. The van der Waals surface area contributed by atoms with E-state index in [9.17, 15) is 0 Å². The zero-order valence-corrected chi connectivity index (χ0v) is 13.7. The Kier molecular flexibility index (Phi) is 6.31. The minimum atomic E-state index is 0.263. The van der Waals surface area contributed by atoms with E-state index < -0.39 is 0 Å². The Hall–Kier alpha value is -0.120. The monoisotopic (exact) mass is 283 g/mol. The van der Waals surface area contributed by atoms with Gasteiger partial charge in [-0.05, 0) is 57.4 Å². The summed E-state index contributed by atoms with van der Waals surface area (Å²) in [4.78, 5) is 0. The smallest absolute Gasteiger partial charge is 0.0990 e. The first kappa shape index (κ1) is 16.3. The molecule has 0 spiro atoms. The van der Waals surface area contributed by atoms with Crippen molar-refractivity contribution in [2.75, 3.05) is 13.2 Å². The molecular weight excluding hydrogens is 250 g/mol. The molecule has 0 heterocycles. The number of ether oxygens (including phenoxy) is 2. The van der Waals surface area contributed by atoms with Crippen LogP contribution in [0.2, 0.25) is 0 Å². The van der Waals surface area contributed by atoms with Crippen LogP contribution >= 0.6 is 0 Å². The Morgan fingerprint density at radius 1 is 1.00 bits per heavy atom. The molecule has 0 aromatic rings. The molecule has 0 bridgehead atoms.